The summed E-state index contributed by atoms with van der Waals surface area (Å²) in [5, 5.41) is 31.9. The van der Waals surface area contributed by atoms with Crippen LogP contribution in [0, 0.1) is 0 Å². The smallest absolute Gasteiger partial charge is 0.478 e. The zero-order valence-corrected chi connectivity index (χ0v) is 13.4. The van der Waals surface area contributed by atoms with Crippen molar-refractivity contribution >= 4 is 41.9 Å². The van der Waals surface area contributed by atoms with E-state index in [4.69, 9.17) is 14.9 Å². The van der Waals surface area contributed by atoms with Gasteiger partial charge in [0.05, 0.1) is 24.0 Å². The minimum absolute atomic E-state index is 0.0163. The molecule has 0 spiro atoms. The molecule has 24 heavy (non-hydrogen) atoms. The molecule has 0 aliphatic carbocycles. The van der Waals surface area contributed by atoms with Crippen molar-refractivity contribution in [2.24, 2.45) is 0 Å². The van der Waals surface area contributed by atoms with Crippen LogP contribution in [0.5, 0.6) is 0 Å². The van der Waals surface area contributed by atoms with Crippen LogP contribution in [0.15, 0.2) is 23.6 Å². The van der Waals surface area contributed by atoms with Gasteiger partial charge < -0.3 is 25.2 Å². The Labute approximate surface area is 141 Å². The molecule has 1 aliphatic heterocycles. The van der Waals surface area contributed by atoms with E-state index in [0.717, 1.165) is 6.08 Å². The van der Waals surface area contributed by atoms with Gasteiger partial charge in [0.1, 0.15) is 0 Å². The third-order valence-corrected chi connectivity index (χ3v) is 4.40. The van der Waals surface area contributed by atoms with Crippen LogP contribution in [0.2, 0.25) is 0 Å². The second-order valence-electron chi connectivity index (χ2n) is 5.28. The molecule has 1 aliphatic rings. The van der Waals surface area contributed by atoms with Crippen molar-refractivity contribution in [3.63, 3.8) is 0 Å². The summed E-state index contributed by atoms with van der Waals surface area (Å²) >= 11 is 1.22. The summed E-state index contributed by atoms with van der Waals surface area (Å²) in [6.07, 6.45) is 0.666. The SMILES string of the molecule is O=C(O)/C=C(\C(=O)NC1CCC(CC(=O)O)OB1O)c1cccs1. The summed E-state index contributed by atoms with van der Waals surface area (Å²) in [6.45, 7) is 0. The summed E-state index contributed by atoms with van der Waals surface area (Å²) in [4.78, 5) is 34.4. The normalized spacial score (nSPS) is 21.4. The highest BCUT2D eigenvalue weighted by Crippen LogP contribution is 2.23. The molecule has 1 amide bonds. The van der Waals surface area contributed by atoms with Gasteiger partial charge in [-0.2, -0.15) is 0 Å². The molecule has 0 aromatic carbocycles. The molecule has 2 atom stereocenters. The molecule has 2 unspecified atom stereocenters. The van der Waals surface area contributed by atoms with Crippen molar-refractivity contribution in [2.45, 2.75) is 31.3 Å². The average Bonchev–Trinajstić information content (AvgIpc) is 3.00. The predicted octanol–water partition coefficient (Wildman–Crippen LogP) is 0.374. The highest BCUT2D eigenvalue weighted by Gasteiger charge is 2.37. The molecular formula is C14H16BNO7S. The van der Waals surface area contributed by atoms with E-state index >= 15 is 0 Å². The van der Waals surface area contributed by atoms with Gasteiger partial charge in [0.25, 0.3) is 5.91 Å². The first-order valence-electron chi connectivity index (χ1n) is 7.21. The first kappa shape index (κ1) is 18.2. The number of carbonyl (C=O) groups excluding carboxylic acids is 1. The molecule has 1 saturated heterocycles. The molecule has 10 heteroatoms. The van der Waals surface area contributed by atoms with E-state index in [1.807, 2.05) is 0 Å². The Morgan fingerprint density at radius 2 is 2.12 bits per heavy atom. The highest BCUT2D eigenvalue weighted by molar-refractivity contribution is 7.11. The number of thiophene rings is 1. The second kappa shape index (κ2) is 8.09. The summed E-state index contributed by atoms with van der Waals surface area (Å²) in [5.74, 6) is -3.65. The Morgan fingerprint density at radius 1 is 1.38 bits per heavy atom. The number of aliphatic carboxylic acids is 2. The lowest BCUT2D eigenvalue weighted by Crippen LogP contribution is -2.53. The maximum atomic E-state index is 12.4. The molecule has 1 aromatic heterocycles. The molecule has 1 fully saturated rings. The largest absolute Gasteiger partial charge is 0.481 e. The van der Waals surface area contributed by atoms with Gasteiger partial charge in [-0.3, -0.25) is 9.59 Å². The zero-order valence-electron chi connectivity index (χ0n) is 12.5. The molecule has 4 N–H and O–H groups in total. The van der Waals surface area contributed by atoms with Crippen molar-refractivity contribution in [1.29, 1.82) is 0 Å². The zero-order chi connectivity index (χ0) is 17.7. The monoisotopic (exact) mass is 353 g/mol. The molecule has 0 saturated carbocycles. The Hall–Kier alpha value is -2.17. The van der Waals surface area contributed by atoms with Gasteiger partial charge in [0.2, 0.25) is 0 Å². The van der Waals surface area contributed by atoms with Gasteiger partial charge in [-0.15, -0.1) is 11.3 Å². The van der Waals surface area contributed by atoms with Gasteiger partial charge in [-0.1, -0.05) is 6.07 Å². The Kier molecular flexibility index (Phi) is 6.13. The van der Waals surface area contributed by atoms with Crippen molar-refractivity contribution in [3.8, 4) is 0 Å². The van der Waals surface area contributed by atoms with Crippen LogP contribution in [-0.2, 0) is 19.0 Å². The molecule has 1 aromatic rings. The number of rotatable bonds is 6. The fourth-order valence-electron chi connectivity index (χ4n) is 2.41. The van der Waals surface area contributed by atoms with Crippen LogP contribution < -0.4 is 5.32 Å². The first-order valence-corrected chi connectivity index (χ1v) is 8.09. The van der Waals surface area contributed by atoms with Crippen molar-refractivity contribution in [3.05, 3.63) is 28.5 Å². The van der Waals surface area contributed by atoms with E-state index in [1.165, 1.54) is 11.3 Å². The molecule has 0 radical (unpaired) electrons. The fraction of sp³-hybridized carbons (Fsp3) is 0.357. The summed E-state index contributed by atoms with van der Waals surface area (Å²) in [5.41, 5.74) is -0.0163. The minimum Gasteiger partial charge on any atom is -0.481 e. The van der Waals surface area contributed by atoms with Crippen LogP contribution >= 0.6 is 11.3 Å². The van der Waals surface area contributed by atoms with Crippen molar-refractivity contribution < 1.29 is 34.3 Å². The van der Waals surface area contributed by atoms with Crippen LogP contribution in [0.1, 0.15) is 24.1 Å². The van der Waals surface area contributed by atoms with E-state index in [2.05, 4.69) is 5.32 Å². The third-order valence-electron chi connectivity index (χ3n) is 3.49. The maximum absolute atomic E-state index is 12.4. The summed E-state index contributed by atoms with van der Waals surface area (Å²) in [6, 6.07) is 3.31. The van der Waals surface area contributed by atoms with Crippen molar-refractivity contribution in [1.82, 2.24) is 5.32 Å². The van der Waals surface area contributed by atoms with Gasteiger partial charge in [0.15, 0.2) is 0 Å². The summed E-state index contributed by atoms with van der Waals surface area (Å²) in [7, 11) is -1.35. The lowest BCUT2D eigenvalue weighted by molar-refractivity contribution is -0.139. The van der Waals surface area contributed by atoms with Crippen molar-refractivity contribution in [2.75, 3.05) is 0 Å². The van der Waals surface area contributed by atoms with Crippen LogP contribution in [-0.4, -0.2) is 52.2 Å². The quantitative estimate of drug-likeness (QED) is 0.429. The highest BCUT2D eigenvalue weighted by atomic mass is 32.1. The topological polar surface area (TPSA) is 133 Å². The predicted molar refractivity (Wildman–Crippen MR) is 86.2 cm³/mol. The van der Waals surface area contributed by atoms with E-state index in [-0.39, 0.29) is 12.0 Å². The van der Waals surface area contributed by atoms with Crippen LogP contribution in [0.4, 0.5) is 0 Å². The van der Waals surface area contributed by atoms with Gasteiger partial charge in [0, 0.05) is 11.0 Å². The summed E-state index contributed by atoms with van der Waals surface area (Å²) < 4.78 is 5.19. The number of carboxylic acids is 2. The number of carbonyl (C=O) groups is 3. The minimum atomic E-state index is -1.35. The molecule has 2 rings (SSSR count). The fourth-order valence-corrected chi connectivity index (χ4v) is 3.15. The Bertz CT molecular complexity index is 646. The van der Waals surface area contributed by atoms with E-state index in [0.29, 0.717) is 17.7 Å². The molecule has 128 valence electrons. The van der Waals surface area contributed by atoms with Gasteiger partial charge in [-0.05, 0) is 24.3 Å². The molecule has 8 nitrogen and oxygen atoms in total. The standard InChI is InChI=1S/C14H16BNO7S/c17-12(18)6-8-3-4-11(15(22)23-8)16-14(21)9(7-13(19)20)10-2-1-5-24-10/h1-2,5,7-8,11,22H,3-4,6H2,(H,16,21)(H,17,18)(H,19,20)/b9-7-. The van der Waals surface area contributed by atoms with E-state index < -0.39 is 37.0 Å². The lowest BCUT2D eigenvalue weighted by Gasteiger charge is -2.31. The second-order valence-corrected chi connectivity index (χ2v) is 6.23. The molecule has 2 heterocycles. The van der Waals surface area contributed by atoms with E-state index in [1.54, 1.807) is 17.5 Å². The molecular weight excluding hydrogens is 337 g/mol. The van der Waals surface area contributed by atoms with Gasteiger partial charge in [-0.25, -0.2) is 4.79 Å². The number of hydrogen-bond acceptors (Lipinski definition) is 6. The van der Waals surface area contributed by atoms with E-state index in [9.17, 15) is 19.4 Å². The lowest BCUT2D eigenvalue weighted by atomic mass is 9.72. The molecule has 0 bridgehead atoms. The Morgan fingerprint density at radius 3 is 2.67 bits per heavy atom. The number of amides is 1. The Balaban J connectivity index is 2.03. The first-order chi connectivity index (χ1) is 11.4. The third kappa shape index (κ3) is 4.92. The number of nitrogens with one attached hydrogen (secondary N) is 1. The maximum Gasteiger partial charge on any atom is 0.478 e. The number of carboxylic acid groups (broad SMARTS) is 2. The van der Waals surface area contributed by atoms with Crippen LogP contribution in [0.3, 0.4) is 0 Å². The number of hydrogen-bond donors (Lipinski definition) is 4. The van der Waals surface area contributed by atoms with Gasteiger partial charge >= 0.3 is 19.1 Å². The van der Waals surface area contributed by atoms with Crippen LogP contribution in [0.25, 0.3) is 5.57 Å². The average molecular weight is 353 g/mol.